The quantitative estimate of drug-likeness (QED) is 0.551. The van der Waals surface area contributed by atoms with Crippen LogP contribution in [0.25, 0.3) is 0 Å². The number of ether oxygens (including phenoxy) is 1. The first kappa shape index (κ1) is 17.3. The zero-order valence-corrected chi connectivity index (χ0v) is 14.9. The van der Waals surface area contributed by atoms with Gasteiger partial charge in [0.2, 0.25) is 0 Å². The van der Waals surface area contributed by atoms with Crippen LogP contribution < -0.4 is 0 Å². The maximum atomic E-state index is 12.4. The Bertz CT molecular complexity index is 834. The van der Waals surface area contributed by atoms with E-state index in [1.165, 1.54) is 11.1 Å². The molecule has 0 spiro atoms. The van der Waals surface area contributed by atoms with Crippen molar-refractivity contribution in [2.24, 2.45) is 0 Å². The number of fused-ring (bicyclic) bond motifs is 2. The minimum atomic E-state index is -0.445. The molecule has 0 bridgehead atoms. The molecule has 1 aliphatic carbocycles. The van der Waals surface area contributed by atoms with E-state index in [1.54, 1.807) is 6.92 Å². The fraction of sp³-hybridized carbons (Fsp3) is 0.318. The first-order valence-electron chi connectivity index (χ1n) is 8.79. The second-order valence-corrected chi connectivity index (χ2v) is 6.45. The Morgan fingerprint density at radius 3 is 2.48 bits per heavy atom. The maximum Gasteiger partial charge on any atom is 0.342 e. The molecular formula is C22H24O3. The number of carbonyl (C=O) groups is 1. The van der Waals surface area contributed by atoms with Crippen molar-refractivity contribution < 1.29 is 14.6 Å². The Balaban J connectivity index is 2.19. The molecule has 3 rings (SSSR count). The van der Waals surface area contributed by atoms with E-state index in [1.807, 2.05) is 25.1 Å². The predicted octanol–water partition coefficient (Wildman–Crippen LogP) is 4.49. The molecule has 130 valence electrons. The molecule has 0 aromatic heterocycles. The van der Waals surface area contributed by atoms with Gasteiger partial charge in [-0.05, 0) is 72.9 Å². The fourth-order valence-corrected chi connectivity index (χ4v) is 3.74. The molecule has 0 saturated heterocycles. The third kappa shape index (κ3) is 3.07. The van der Waals surface area contributed by atoms with Crippen molar-refractivity contribution in [1.82, 2.24) is 0 Å². The molecule has 2 aromatic rings. The van der Waals surface area contributed by atoms with Crippen molar-refractivity contribution >= 4 is 5.97 Å². The zero-order valence-electron chi connectivity index (χ0n) is 14.9. The van der Waals surface area contributed by atoms with Crippen LogP contribution in [0.5, 0.6) is 5.75 Å². The fourth-order valence-electron chi connectivity index (χ4n) is 3.74. The highest BCUT2D eigenvalue weighted by Gasteiger charge is 2.28. The van der Waals surface area contributed by atoms with Crippen molar-refractivity contribution in [2.75, 3.05) is 6.61 Å². The largest absolute Gasteiger partial charge is 0.507 e. The molecule has 0 amide bonds. The van der Waals surface area contributed by atoms with E-state index in [-0.39, 0.29) is 5.75 Å². The van der Waals surface area contributed by atoms with Gasteiger partial charge in [-0.1, -0.05) is 30.3 Å². The van der Waals surface area contributed by atoms with Gasteiger partial charge in [0.05, 0.1) is 6.61 Å². The van der Waals surface area contributed by atoms with Crippen molar-refractivity contribution in [3.05, 3.63) is 75.9 Å². The third-order valence-electron chi connectivity index (χ3n) is 5.01. The first-order valence-corrected chi connectivity index (χ1v) is 8.79. The molecule has 0 radical (unpaired) electrons. The molecule has 3 nitrogen and oxygen atoms in total. The van der Waals surface area contributed by atoms with Crippen LogP contribution in [0.15, 0.2) is 36.9 Å². The van der Waals surface area contributed by atoms with Crippen molar-refractivity contribution in [2.45, 2.75) is 39.5 Å². The van der Waals surface area contributed by atoms with Gasteiger partial charge in [-0.3, -0.25) is 0 Å². The Morgan fingerprint density at radius 2 is 1.88 bits per heavy atom. The summed E-state index contributed by atoms with van der Waals surface area (Å²) in [5.74, 6) is -0.366. The molecular weight excluding hydrogens is 312 g/mol. The standard InChI is InChI=1S/C22H24O3/c1-4-6-11-17-19-13-16-10-8-7-9-15(16)12-18(19)14(3)20(21(17)23)22(24)25-5-2/h4,7-10,23H,1,5-6,11-13H2,2-3H3. The van der Waals surface area contributed by atoms with Crippen LogP contribution in [0.4, 0.5) is 0 Å². The molecule has 25 heavy (non-hydrogen) atoms. The summed E-state index contributed by atoms with van der Waals surface area (Å²) in [7, 11) is 0. The van der Waals surface area contributed by atoms with E-state index < -0.39 is 5.97 Å². The van der Waals surface area contributed by atoms with Crippen LogP contribution in [0.2, 0.25) is 0 Å². The first-order chi connectivity index (χ1) is 12.1. The van der Waals surface area contributed by atoms with E-state index in [0.29, 0.717) is 18.6 Å². The van der Waals surface area contributed by atoms with Gasteiger partial charge in [-0.2, -0.15) is 0 Å². The number of phenols is 1. The molecule has 0 unspecified atom stereocenters. The number of hydrogen-bond acceptors (Lipinski definition) is 3. The lowest BCUT2D eigenvalue weighted by Gasteiger charge is -2.27. The van der Waals surface area contributed by atoms with E-state index >= 15 is 0 Å². The third-order valence-corrected chi connectivity index (χ3v) is 5.01. The highest BCUT2D eigenvalue weighted by molar-refractivity contribution is 5.95. The summed E-state index contributed by atoms with van der Waals surface area (Å²) in [6.07, 6.45) is 4.84. The molecule has 0 heterocycles. The number of allylic oxidation sites excluding steroid dienone is 1. The van der Waals surface area contributed by atoms with Crippen LogP contribution in [0, 0.1) is 6.92 Å². The van der Waals surface area contributed by atoms with E-state index in [4.69, 9.17) is 4.74 Å². The highest BCUT2D eigenvalue weighted by Crippen LogP contribution is 2.40. The summed E-state index contributed by atoms with van der Waals surface area (Å²) in [6, 6.07) is 8.37. The minimum Gasteiger partial charge on any atom is -0.507 e. The average Bonchev–Trinajstić information content (AvgIpc) is 2.61. The summed E-state index contributed by atoms with van der Waals surface area (Å²) < 4.78 is 5.19. The van der Waals surface area contributed by atoms with Crippen LogP contribution in [-0.4, -0.2) is 17.7 Å². The molecule has 2 aromatic carbocycles. The molecule has 0 atom stereocenters. The summed E-state index contributed by atoms with van der Waals surface area (Å²) in [6.45, 7) is 7.76. The number of carbonyl (C=O) groups excluding carboxylic acids is 1. The average molecular weight is 336 g/mol. The molecule has 1 aliphatic rings. The lowest BCUT2D eigenvalue weighted by Crippen LogP contribution is -2.17. The van der Waals surface area contributed by atoms with E-state index in [2.05, 4.69) is 18.7 Å². The Hall–Kier alpha value is -2.55. The van der Waals surface area contributed by atoms with E-state index in [9.17, 15) is 9.90 Å². The zero-order chi connectivity index (χ0) is 18.0. The summed E-state index contributed by atoms with van der Waals surface area (Å²) >= 11 is 0. The summed E-state index contributed by atoms with van der Waals surface area (Å²) in [5.41, 5.74) is 6.90. The normalized spacial score (nSPS) is 12.2. The number of phenolic OH excluding ortho intramolecular Hbond substituents is 1. The molecule has 3 heteroatoms. The second-order valence-electron chi connectivity index (χ2n) is 6.45. The number of aromatic hydroxyl groups is 1. The Kier molecular flexibility index (Phi) is 4.93. The van der Waals surface area contributed by atoms with Crippen LogP contribution in [0.3, 0.4) is 0 Å². The SMILES string of the molecule is C=CCCc1c(O)c(C(=O)OCC)c(C)c2c1Cc1ccccc1C2. The number of hydrogen-bond donors (Lipinski definition) is 1. The molecule has 0 saturated carbocycles. The van der Waals surface area contributed by atoms with Gasteiger partial charge in [-0.25, -0.2) is 4.79 Å². The van der Waals surface area contributed by atoms with Crippen LogP contribution in [-0.2, 0) is 24.0 Å². The Labute approximate surface area is 149 Å². The van der Waals surface area contributed by atoms with Crippen molar-refractivity contribution in [3.8, 4) is 5.75 Å². The molecule has 0 fully saturated rings. The summed E-state index contributed by atoms with van der Waals surface area (Å²) in [5, 5.41) is 10.9. The van der Waals surface area contributed by atoms with Gasteiger partial charge >= 0.3 is 5.97 Å². The minimum absolute atomic E-state index is 0.0796. The highest BCUT2D eigenvalue weighted by atomic mass is 16.5. The van der Waals surface area contributed by atoms with Gasteiger partial charge in [0.1, 0.15) is 11.3 Å². The lowest BCUT2D eigenvalue weighted by molar-refractivity contribution is 0.0522. The topological polar surface area (TPSA) is 46.5 Å². The van der Waals surface area contributed by atoms with Gasteiger partial charge in [0.15, 0.2) is 0 Å². The van der Waals surface area contributed by atoms with Gasteiger partial charge in [-0.15, -0.1) is 6.58 Å². The summed E-state index contributed by atoms with van der Waals surface area (Å²) in [4.78, 5) is 12.4. The van der Waals surface area contributed by atoms with Crippen LogP contribution in [0.1, 0.15) is 57.1 Å². The maximum absolute atomic E-state index is 12.4. The Morgan fingerprint density at radius 1 is 1.24 bits per heavy atom. The van der Waals surface area contributed by atoms with Gasteiger partial charge in [0, 0.05) is 0 Å². The van der Waals surface area contributed by atoms with Gasteiger partial charge in [0.25, 0.3) is 0 Å². The van der Waals surface area contributed by atoms with Crippen LogP contribution >= 0.6 is 0 Å². The smallest absolute Gasteiger partial charge is 0.342 e. The number of esters is 1. The number of benzene rings is 2. The predicted molar refractivity (Wildman–Crippen MR) is 99.4 cm³/mol. The monoisotopic (exact) mass is 336 g/mol. The molecule has 0 aliphatic heterocycles. The van der Waals surface area contributed by atoms with Crippen molar-refractivity contribution in [3.63, 3.8) is 0 Å². The van der Waals surface area contributed by atoms with Gasteiger partial charge < -0.3 is 9.84 Å². The lowest BCUT2D eigenvalue weighted by atomic mass is 9.78. The van der Waals surface area contributed by atoms with E-state index in [0.717, 1.165) is 41.5 Å². The van der Waals surface area contributed by atoms with Crippen molar-refractivity contribution in [1.29, 1.82) is 0 Å². The molecule has 1 N–H and O–H groups in total. The second kappa shape index (κ2) is 7.14. The number of rotatable bonds is 5.